The summed E-state index contributed by atoms with van der Waals surface area (Å²) in [6.45, 7) is 5.24. The number of hydrogen-bond acceptors (Lipinski definition) is 3. The van der Waals surface area contributed by atoms with Crippen molar-refractivity contribution < 1.29 is 14.2 Å². The highest BCUT2D eigenvalue weighted by Crippen LogP contribution is 2.50. The molecule has 1 aromatic rings. The zero-order chi connectivity index (χ0) is 12.3. The summed E-state index contributed by atoms with van der Waals surface area (Å²) in [6, 6.07) is 6.10. The molecule has 0 spiro atoms. The third kappa shape index (κ3) is 2.39. The molecular formula is C14H20O3. The van der Waals surface area contributed by atoms with Crippen LogP contribution in [-0.4, -0.2) is 20.3 Å². The lowest BCUT2D eigenvalue weighted by Gasteiger charge is -2.17. The first-order valence-corrected chi connectivity index (χ1v) is 6.21. The summed E-state index contributed by atoms with van der Waals surface area (Å²) in [5.74, 6) is 1.63. The highest BCUT2D eigenvalue weighted by Gasteiger charge is 2.45. The van der Waals surface area contributed by atoms with E-state index in [1.54, 1.807) is 7.11 Å². The van der Waals surface area contributed by atoms with Gasteiger partial charge < -0.3 is 14.2 Å². The van der Waals surface area contributed by atoms with Crippen LogP contribution in [0.5, 0.6) is 11.5 Å². The summed E-state index contributed by atoms with van der Waals surface area (Å²) in [7, 11) is 1.77. The molecule has 3 nitrogen and oxygen atoms in total. The summed E-state index contributed by atoms with van der Waals surface area (Å²) < 4.78 is 16.7. The van der Waals surface area contributed by atoms with E-state index in [9.17, 15) is 0 Å². The molecule has 1 aliphatic rings. The van der Waals surface area contributed by atoms with Crippen LogP contribution >= 0.6 is 0 Å². The van der Waals surface area contributed by atoms with Gasteiger partial charge in [0.15, 0.2) is 11.5 Å². The SMILES string of the molecule is CCOc1ccc(C2(OC)CC2)cc1OCC. The van der Waals surface area contributed by atoms with E-state index in [0.29, 0.717) is 13.2 Å². The van der Waals surface area contributed by atoms with Crippen molar-refractivity contribution in [1.29, 1.82) is 0 Å². The molecule has 1 aromatic carbocycles. The summed E-state index contributed by atoms with van der Waals surface area (Å²) in [5, 5.41) is 0. The lowest BCUT2D eigenvalue weighted by Crippen LogP contribution is -2.09. The second-order valence-electron chi connectivity index (χ2n) is 4.23. The topological polar surface area (TPSA) is 27.7 Å². The van der Waals surface area contributed by atoms with E-state index in [1.165, 1.54) is 5.56 Å². The Hall–Kier alpha value is -1.22. The Bertz CT molecular complexity index is 383. The first kappa shape index (κ1) is 12.2. The Balaban J connectivity index is 2.28. The zero-order valence-electron chi connectivity index (χ0n) is 10.8. The fourth-order valence-electron chi connectivity index (χ4n) is 2.06. The van der Waals surface area contributed by atoms with Gasteiger partial charge in [0.25, 0.3) is 0 Å². The molecular weight excluding hydrogens is 216 g/mol. The fraction of sp³-hybridized carbons (Fsp3) is 0.571. The highest BCUT2D eigenvalue weighted by atomic mass is 16.5. The highest BCUT2D eigenvalue weighted by molar-refractivity contribution is 5.46. The van der Waals surface area contributed by atoms with Crippen LogP contribution in [0.15, 0.2) is 18.2 Å². The minimum absolute atomic E-state index is 0.0728. The monoisotopic (exact) mass is 236 g/mol. The smallest absolute Gasteiger partial charge is 0.161 e. The molecule has 94 valence electrons. The predicted molar refractivity (Wildman–Crippen MR) is 66.7 cm³/mol. The first-order valence-electron chi connectivity index (χ1n) is 6.21. The number of benzene rings is 1. The molecule has 0 atom stereocenters. The van der Waals surface area contributed by atoms with E-state index in [2.05, 4.69) is 6.07 Å². The summed E-state index contributed by atoms with van der Waals surface area (Å²) in [6.07, 6.45) is 2.17. The molecule has 0 bridgehead atoms. The van der Waals surface area contributed by atoms with Gasteiger partial charge in [0.05, 0.1) is 18.8 Å². The van der Waals surface area contributed by atoms with Gasteiger partial charge in [-0.1, -0.05) is 6.07 Å². The lowest BCUT2D eigenvalue weighted by atomic mass is 10.1. The maximum absolute atomic E-state index is 5.62. The Labute approximate surface area is 103 Å². The van der Waals surface area contributed by atoms with E-state index in [-0.39, 0.29) is 5.60 Å². The molecule has 0 amide bonds. The fourth-order valence-corrected chi connectivity index (χ4v) is 2.06. The summed E-state index contributed by atoms with van der Waals surface area (Å²) >= 11 is 0. The first-order chi connectivity index (χ1) is 8.25. The van der Waals surface area contributed by atoms with E-state index in [0.717, 1.165) is 24.3 Å². The quantitative estimate of drug-likeness (QED) is 0.759. The van der Waals surface area contributed by atoms with E-state index in [1.807, 2.05) is 26.0 Å². The van der Waals surface area contributed by atoms with Gasteiger partial charge in [-0.3, -0.25) is 0 Å². The molecule has 1 aliphatic carbocycles. The third-order valence-corrected chi connectivity index (χ3v) is 3.16. The van der Waals surface area contributed by atoms with Crippen LogP contribution in [0.4, 0.5) is 0 Å². The normalized spacial score (nSPS) is 16.6. The van der Waals surface area contributed by atoms with Gasteiger partial charge in [0.2, 0.25) is 0 Å². The maximum Gasteiger partial charge on any atom is 0.161 e. The molecule has 0 saturated heterocycles. The third-order valence-electron chi connectivity index (χ3n) is 3.16. The van der Waals surface area contributed by atoms with Crippen LogP contribution in [0.2, 0.25) is 0 Å². The molecule has 0 unspecified atom stereocenters. The summed E-state index contributed by atoms with van der Waals surface area (Å²) in [5.41, 5.74) is 1.11. The molecule has 0 N–H and O–H groups in total. The minimum atomic E-state index is -0.0728. The van der Waals surface area contributed by atoms with Crippen molar-refractivity contribution in [3.8, 4) is 11.5 Å². The van der Waals surface area contributed by atoms with Gasteiger partial charge in [-0.25, -0.2) is 0 Å². The Kier molecular flexibility index (Phi) is 3.57. The van der Waals surface area contributed by atoms with Gasteiger partial charge in [-0.15, -0.1) is 0 Å². The molecule has 3 heteroatoms. The zero-order valence-corrected chi connectivity index (χ0v) is 10.8. The van der Waals surface area contributed by atoms with Gasteiger partial charge in [0, 0.05) is 7.11 Å². The van der Waals surface area contributed by atoms with Crippen molar-refractivity contribution in [2.75, 3.05) is 20.3 Å². The van der Waals surface area contributed by atoms with Crippen molar-refractivity contribution in [2.24, 2.45) is 0 Å². The molecule has 1 saturated carbocycles. The average molecular weight is 236 g/mol. The van der Waals surface area contributed by atoms with Crippen molar-refractivity contribution in [3.05, 3.63) is 23.8 Å². The van der Waals surface area contributed by atoms with Crippen molar-refractivity contribution in [2.45, 2.75) is 32.3 Å². The van der Waals surface area contributed by atoms with Crippen molar-refractivity contribution in [3.63, 3.8) is 0 Å². The van der Waals surface area contributed by atoms with Crippen molar-refractivity contribution in [1.82, 2.24) is 0 Å². The van der Waals surface area contributed by atoms with Crippen LogP contribution in [0.25, 0.3) is 0 Å². The van der Waals surface area contributed by atoms with Gasteiger partial charge in [-0.05, 0) is 44.4 Å². The Morgan fingerprint density at radius 2 is 1.71 bits per heavy atom. The molecule has 0 radical (unpaired) electrons. The summed E-state index contributed by atoms with van der Waals surface area (Å²) in [4.78, 5) is 0. The van der Waals surface area contributed by atoms with Gasteiger partial charge in [-0.2, -0.15) is 0 Å². The van der Waals surface area contributed by atoms with Crippen molar-refractivity contribution >= 4 is 0 Å². The molecule has 0 aliphatic heterocycles. The predicted octanol–water partition coefficient (Wildman–Crippen LogP) is 3.12. The Morgan fingerprint density at radius 3 is 2.24 bits per heavy atom. The van der Waals surface area contributed by atoms with E-state index < -0.39 is 0 Å². The number of rotatable bonds is 6. The second kappa shape index (κ2) is 4.96. The van der Waals surface area contributed by atoms with Crippen LogP contribution in [0.1, 0.15) is 32.3 Å². The van der Waals surface area contributed by atoms with Crippen LogP contribution < -0.4 is 9.47 Å². The second-order valence-corrected chi connectivity index (χ2v) is 4.23. The lowest BCUT2D eigenvalue weighted by molar-refractivity contribution is 0.0786. The standard InChI is InChI=1S/C14H20O3/c1-4-16-12-7-6-11(10-13(12)17-5-2)14(15-3)8-9-14/h6-7,10H,4-5,8-9H2,1-3H3. The van der Waals surface area contributed by atoms with E-state index in [4.69, 9.17) is 14.2 Å². The molecule has 1 fully saturated rings. The number of methoxy groups -OCH3 is 1. The molecule has 17 heavy (non-hydrogen) atoms. The van der Waals surface area contributed by atoms with E-state index >= 15 is 0 Å². The number of ether oxygens (including phenoxy) is 3. The molecule has 2 rings (SSSR count). The van der Waals surface area contributed by atoms with Gasteiger partial charge in [0.1, 0.15) is 0 Å². The maximum atomic E-state index is 5.62. The molecule has 0 aromatic heterocycles. The average Bonchev–Trinajstić information content (AvgIpc) is 3.13. The molecule has 0 heterocycles. The minimum Gasteiger partial charge on any atom is -0.490 e. The van der Waals surface area contributed by atoms with Crippen LogP contribution in [-0.2, 0) is 10.3 Å². The largest absolute Gasteiger partial charge is 0.490 e. The van der Waals surface area contributed by atoms with Crippen LogP contribution in [0.3, 0.4) is 0 Å². The Morgan fingerprint density at radius 1 is 1.06 bits per heavy atom. The van der Waals surface area contributed by atoms with Crippen LogP contribution in [0, 0.1) is 0 Å². The number of hydrogen-bond donors (Lipinski definition) is 0. The van der Waals surface area contributed by atoms with Gasteiger partial charge >= 0.3 is 0 Å².